The van der Waals surface area contributed by atoms with Gasteiger partial charge in [-0.05, 0) is 51.0 Å². The maximum atomic E-state index is 13.0. The number of fused-ring (bicyclic) bond motifs is 1. The fourth-order valence-corrected chi connectivity index (χ4v) is 4.00. The van der Waals surface area contributed by atoms with Crippen molar-refractivity contribution >= 4 is 34.4 Å². The van der Waals surface area contributed by atoms with E-state index in [1.165, 1.54) is 11.8 Å². The summed E-state index contributed by atoms with van der Waals surface area (Å²) in [6.45, 7) is 7.84. The molecule has 0 saturated heterocycles. The molecule has 8 heteroatoms. The number of thioether (sulfide) groups is 1. The molecule has 2 aromatic heterocycles. The number of carbonyl (C=O) groups excluding carboxylic acids is 1. The van der Waals surface area contributed by atoms with E-state index in [9.17, 15) is 9.59 Å². The minimum Gasteiger partial charge on any atom is -0.495 e. The van der Waals surface area contributed by atoms with Crippen LogP contribution in [0.25, 0.3) is 11.0 Å². The van der Waals surface area contributed by atoms with Gasteiger partial charge in [-0.2, -0.15) is 0 Å². The Morgan fingerprint density at radius 3 is 2.79 bits per heavy atom. The number of ether oxygens (including phenoxy) is 1. The summed E-state index contributed by atoms with van der Waals surface area (Å²) in [4.78, 5) is 33.3. The topological polar surface area (TPSA) is 89.0 Å². The largest absolute Gasteiger partial charge is 0.495 e. The van der Waals surface area contributed by atoms with Crippen molar-refractivity contribution in [3.05, 3.63) is 45.9 Å². The fourth-order valence-electron chi connectivity index (χ4n) is 3.10. The molecule has 3 aromatic rings. The summed E-state index contributed by atoms with van der Waals surface area (Å²) in [5.74, 6) is 0.552. The first-order valence-corrected chi connectivity index (χ1v) is 10.5. The molecule has 1 atom stereocenters. The van der Waals surface area contributed by atoms with Gasteiger partial charge in [0.05, 0.1) is 24.1 Å². The maximum Gasteiger partial charge on any atom is 0.278 e. The van der Waals surface area contributed by atoms with Gasteiger partial charge in [0.15, 0.2) is 5.16 Å². The third kappa shape index (κ3) is 4.48. The highest BCUT2D eigenvalue weighted by atomic mass is 32.2. The van der Waals surface area contributed by atoms with Gasteiger partial charge < -0.3 is 15.0 Å². The van der Waals surface area contributed by atoms with Crippen molar-refractivity contribution in [2.45, 2.75) is 45.3 Å². The predicted molar refractivity (Wildman–Crippen MR) is 117 cm³/mol. The minimum absolute atomic E-state index is 0.0227. The van der Waals surface area contributed by atoms with Gasteiger partial charge in [0, 0.05) is 11.7 Å². The van der Waals surface area contributed by atoms with Crippen LogP contribution in [0.5, 0.6) is 5.75 Å². The Balaban J connectivity index is 1.85. The number of nitrogens with zero attached hydrogens (tertiary/aromatic N) is 2. The number of H-pyrrole nitrogens is 1. The van der Waals surface area contributed by atoms with E-state index in [2.05, 4.69) is 15.3 Å². The molecule has 0 fully saturated rings. The Kier molecular flexibility index (Phi) is 6.32. The zero-order chi connectivity index (χ0) is 21.1. The molecule has 2 heterocycles. The van der Waals surface area contributed by atoms with Gasteiger partial charge in [0.25, 0.3) is 5.56 Å². The highest BCUT2D eigenvalue weighted by molar-refractivity contribution is 7.99. The minimum atomic E-state index is -0.186. The van der Waals surface area contributed by atoms with Crippen molar-refractivity contribution in [2.24, 2.45) is 0 Å². The SMILES string of the molecule is CC[C@H](C)n1c(SCC(=O)Nc2cc(C)ccc2OC)nc2cc(C)[nH]c2c1=O. The van der Waals surface area contributed by atoms with Crippen molar-refractivity contribution in [3.8, 4) is 5.75 Å². The standard InChI is InChI=1S/C21H26N4O3S/c1-6-14(4)25-20(27)19-16(10-13(3)22-19)24-21(25)29-11-18(26)23-15-9-12(2)7-8-17(15)28-5/h7-10,14,22H,6,11H2,1-5H3,(H,23,26)/t14-/m0/s1. The normalized spacial score (nSPS) is 12.2. The molecule has 2 N–H and O–H groups in total. The fraction of sp³-hybridized carbons (Fsp3) is 0.381. The molecule has 0 radical (unpaired) electrons. The summed E-state index contributed by atoms with van der Waals surface area (Å²) >= 11 is 1.26. The van der Waals surface area contributed by atoms with Crippen LogP contribution >= 0.6 is 11.8 Å². The summed E-state index contributed by atoms with van der Waals surface area (Å²) in [7, 11) is 1.57. The molecule has 0 bridgehead atoms. The van der Waals surface area contributed by atoms with Crippen LogP contribution in [-0.2, 0) is 4.79 Å². The highest BCUT2D eigenvalue weighted by Crippen LogP contribution is 2.26. The van der Waals surface area contributed by atoms with E-state index in [1.54, 1.807) is 11.7 Å². The van der Waals surface area contributed by atoms with Crippen LogP contribution in [0.3, 0.4) is 0 Å². The van der Waals surface area contributed by atoms with Crippen molar-refractivity contribution < 1.29 is 9.53 Å². The lowest BCUT2D eigenvalue weighted by atomic mass is 10.2. The summed E-state index contributed by atoms with van der Waals surface area (Å²) in [6, 6.07) is 7.43. The molecule has 0 spiro atoms. The van der Waals surface area contributed by atoms with Gasteiger partial charge in [-0.15, -0.1) is 0 Å². The van der Waals surface area contributed by atoms with Crippen molar-refractivity contribution in [3.63, 3.8) is 0 Å². The van der Waals surface area contributed by atoms with Crippen LogP contribution in [0.4, 0.5) is 5.69 Å². The lowest BCUT2D eigenvalue weighted by Crippen LogP contribution is -2.26. The molecule has 0 aliphatic rings. The van der Waals surface area contributed by atoms with Crippen LogP contribution in [0.2, 0.25) is 0 Å². The van der Waals surface area contributed by atoms with E-state index in [0.29, 0.717) is 27.6 Å². The van der Waals surface area contributed by atoms with E-state index in [-0.39, 0.29) is 23.3 Å². The second-order valence-electron chi connectivity index (χ2n) is 7.08. The average Bonchev–Trinajstić information content (AvgIpc) is 3.06. The number of aromatic nitrogens is 3. The molecular weight excluding hydrogens is 388 g/mol. The molecule has 0 aliphatic heterocycles. The Morgan fingerprint density at radius 2 is 2.10 bits per heavy atom. The Hall–Kier alpha value is -2.74. The third-order valence-corrected chi connectivity index (χ3v) is 5.73. The summed E-state index contributed by atoms with van der Waals surface area (Å²) in [5, 5.41) is 3.43. The number of hydrogen-bond donors (Lipinski definition) is 2. The first-order chi connectivity index (χ1) is 13.8. The molecule has 29 heavy (non-hydrogen) atoms. The highest BCUT2D eigenvalue weighted by Gasteiger charge is 2.18. The van der Waals surface area contributed by atoms with Crippen LogP contribution in [0.15, 0.2) is 34.2 Å². The number of methoxy groups -OCH3 is 1. The maximum absolute atomic E-state index is 13.0. The molecular formula is C21H26N4O3S. The van der Waals surface area contributed by atoms with Crippen LogP contribution < -0.4 is 15.6 Å². The van der Waals surface area contributed by atoms with Crippen molar-refractivity contribution in [1.82, 2.24) is 14.5 Å². The number of carbonyl (C=O) groups is 1. The number of anilines is 1. The molecule has 1 amide bonds. The number of benzene rings is 1. The second kappa shape index (κ2) is 8.73. The van der Waals surface area contributed by atoms with Crippen molar-refractivity contribution in [1.29, 1.82) is 0 Å². The summed E-state index contributed by atoms with van der Waals surface area (Å²) in [6.07, 6.45) is 0.785. The Bertz CT molecular complexity index is 1100. The van der Waals surface area contributed by atoms with Gasteiger partial charge in [-0.1, -0.05) is 24.8 Å². The quantitative estimate of drug-likeness (QED) is 0.450. The second-order valence-corrected chi connectivity index (χ2v) is 8.02. The molecule has 3 rings (SSSR count). The Labute approximate surface area is 173 Å². The Morgan fingerprint density at radius 1 is 1.34 bits per heavy atom. The van der Waals surface area contributed by atoms with E-state index in [1.807, 2.05) is 52.0 Å². The van der Waals surface area contributed by atoms with Gasteiger partial charge >= 0.3 is 0 Å². The van der Waals surface area contributed by atoms with Crippen LogP contribution in [0, 0.1) is 13.8 Å². The van der Waals surface area contributed by atoms with E-state index < -0.39 is 0 Å². The average molecular weight is 415 g/mol. The van der Waals surface area contributed by atoms with Gasteiger partial charge in [-0.25, -0.2) is 4.98 Å². The van der Waals surface area contributed by atoms with Crippen LogP contribution in [-0.4, -0.2) is 33.3 Å². The van der Waals surface area contributed by atoms with Gasteiger partial charge in [0.1, 0.15) is 11.3 Å². The first kappa shape index (κ1) is 21.0. The van der Waals surface area contributed by atoms with Gasteiger partial charge in [-0.3, -0.25) is 14.2 Å². The molecule has 7 nitrogen and oxygen atoms in total. The number of nitrogens with one attached hydrogen (secondary N) is 2. The van der Waals surface area contributed by atoms with Gasteiger partial charge in [0.2, 0.25) is 5.91 Å². The summed E-state index contributed by atoms with van der Waals surface area (Å²) < 4.78 is 6.98. The first-order valence-electron chi connectivity index (χ1n) is 9.53. The monoisotopic (exact) mass is 414 g/mol. The lowest BCUT2D eigenvalue weighted by molar-refractivity contribution is -0.113. The zero-order valence-corrected chi connectivity index (χ0v) is 18.1. The van der Waals surface area contributed by atoms with E-state index >= 15 is 0 Å². The third-order valence-electron chi connectivity index (χ3n) is 4.78. The molecule has 1 aromatic carbocycles. The molecule has 154 valence electrons. The van der Waals surface area contributed by atoms with Crippen LogP contribution in [0.1, 0.15) is 37.6 Å². The predicted octanol–water partition coefficient (Wildman–Crippen LogP) is 4.05. The van der Waals surface area contributed by atoms with E-state index in [0.717, 1.165) is 17.7 Å². The lowest BCUT2D eigenvalue weighted by Gasteiger charge is -2.17. The molecule has 0 aliphatic carbocycles. The smallest absolute Gasteiger partial charge is 0.278 e. The number of rotatable bonds is 7. The summed E-state index contributed by atoms with van der Waals surface area (Å²) in [5.41, 5.74) is 3.54. The molecule has 0 saturated carbocycles. The van der Waals surface area contributed by atoms with E-state index in [4.69, 9.17) is 4.74 Å². The number of hydrogen-bond acceptors (Lipinski definition) is 5. The molecule has 0 unspecified atom stereocenters. The number of amides is 1. The number of aromatic amines is 1. The number of aryl methyl sites for hydroxylation is 2. The van der Waals surface area contributed by atoms with Crippen molar-refractivity contribution in [2.75, 3.05) is 18.2 Å². The zero-order valence-electron chi connectivity index (χ0n) is 17.3.